The van der Waals surface area contributed by atoms with Gasteiger partial charge in [-0.15, -0.1) is 0 Å². The predicted octanol–water partition coefficient (Wildman–Crippen LogP) is 5.02. The van der Waals surface area contributed by atoms with Gasteiger partial charge in [0.15, 0.2) is 0 Å². The van der Waals surface area contributed by atoms with E-state index in [0.717, 1.165) is 23.1 Å². The Morgan fingerprint density at radius 1 is 0.920 bits per heavy atom. The van der Waals surface area contributed by atoms with Gasteiger partial charge in [-0.2, -0.15) is 4.98 Å². The smallest absolute Gasteiger partial charge is 0.225 e. The minimum absolute atomic E-state index is 0.652. The zero-order chi connectivity index (χ0) is 17.5. The van der Waals surface area contributed by atoms with Crippen LogP contribution < -0.4 is 10.6 Å². The Morgan fingerprint density at radius 2 is 1.76 bits per heavy atom. The second-order valence-electron chi connectivity index (χ2n) is 6.29. The molecule has 4 nitrogen and oxygen atoms in total. The number of benzene rings is 2. The highest BCUT2D eigenvalue weighted by molar-refractivity contribution is 5.90. The quantitative estimate of drug-likeness (QED) is 0.568. The van der Waals surface area contributed by atoms with Gasteiger partial charge in [0.2, 0.25) is 5.95 Å². The fourth-order valence-corrected chi connectivity index (χ4v) is 2.96. The molecule has 0 radical (unpaired) electrons. The Balaban J connectivity index is 1.80. The van der Waals surface area contributed by atoms with E-state index >= 15 is 0 Å². The summed E-state index contributed by atoms with van der Waals surface area (Å²) in [6.07, 6.45) is 4.86. The molecular formula is C21H26N4. The molecule has 1 aromatic heterocycles. The zero-order valence-corrected chi connectivity index (χ0v) is 15.0. The van der Waals surface area contributed by atoms with Gasteiger partial charge in [-0.3, -0.25) is 0 Å². The third kappa shape index (κ3) is 4.47. The van der Waals surface area contributed by atoms with E-state index in [2.05, 4.69) is 57.9 Å². The van der Waals surface area contributed by atoms with Gasteiger partial charge < -0.3 is 10.6 Å². The van der Waals surface area contributed by atoms with Crippen molar-refractivity contribution in [2.24, 2.45) is 0 Å². The van der Waals surface area contributed by atoms with E-state index in [1.807, 2.05) is 25.2 Å². The second-order valence-corrected chi connectivity index (χ2v) is 6.29. The molecule has 130 valence electrons. The summed E-state index contributed by atoms with van der Waals surface area (Å²) in [4.78, 5) is 9.31. The largest absolute Gasteiger partial charge is 0.372 e. The van der Waals surface area contributed by atoms with Crippen molar-refractivity contribution in [1.29, 1.82) is 0 Å². The molecule has 25 heavy (non-hydrogen) atoms. The first-order chi connectivity index (χ1) is 12.3. The normalized spacial score (nSPS) is 10.8. The number of hydrogen-bond donors (Lipinski definition) is 2. The molecule has 0 aliphatic carbocycles. The number of aryl methyl sites for hydroxylation is 1. The van der Waals surface area contributed by atoms with E-state index < -0.39 is 0 Å². The molecule has 0 bridgehead atoms. The van der Waals surface area contributed by atoms with Crippen LogP contribution in [-0.4, -0.2) is 17.0 Å². The van der Waals surface area contributed by atoms with Crippen LogP contribution in [0.3, 0.4) is 0 Å². The van der Waals surface area contributed by atoms with E-state index in [9.17, 15) is 0 Å². The summed E-state index contributed by atoms with van der Waals surface area (Å²) < 4.78 is 0. The summed E-state index contributed by atoms with van der Waals surface area (Å²) >= 11 is 0. The van der Waals surface area contributed by atoms with E-state index in [-0.39, 0.29) is 0 Å². The molecule has 3 rings (SSSR count). The highest BCUT2D eigenvalue weighted by Gasteiger charge is 2.08. The summed E-state index contributed by atoms with van der Waals surface area (Å²) in [5, 5.41) is 7.62. The molecule has 4 heteroatoms. The number of hydrogen-bond acceptors (Lipinski definition) is 4. The number of rotatable bonds is 8. The Hall–Kier alpha value is -2.62. The monoisotopic (exact) mass is 334 g/mol. The molecular weight excluding hydrogens is 308 g/mol. The molecule has 0 fully saturated rings. The number of nitrogens with zero attached hydrogens (tertiary/aromatic N) is 2. The lowest BCUT2D eigenvalue weighted by molar-refractivity contribution is 0.718. The molecule has 0 saturated carbocycles. The van der Waals surface area contributed by atoms with Crippen LogP contribution in [0.2, 0.25) is 0 Å². The third-order valence-corrected chi connectivity index (χ3v) is 4.36. The van der Waals surface area contributed by atoms with E-state index in [4.69, 9.17) is 0 Å². The van der Waals surface area contributed by atoms with Crippen molar-refractivity contribution in [3.05, 3.63) is 59.7 Å². The molecule has 0 aliphatic heterocycles. The lowest BCUT2D eigenvalue weighted by atomic mass is 10.0. The molecule has 0 aliphatic rings. The Bertz CT molecular complexity index is 815. The van der Waals surface area contributed by atoms with Crippen LogP contribution in [0.5, 0.6) is 0 Å². The van der Waals surface area contributed by atoms with Crippen LogP contribution in [0.1, 0.15) is 37.3 Å². The number of nitrogens with one attached hydrogen (secondary N) is 2. The summed E-state index contributed by atoms with van der Waals surface area (Å²) in [7, 11) is 1.91. The van der Waals surface area contributed by atoms with Crippen molar-refractivity contribution in [2.75, 3.05) is 17.7 Å². The Morgan fingerprint density at radius 3 is 2.52 bits per heavy atom. The lowest BCUT2D eigenvalue weighted by Crippen LogP contribution is -2.06. The van der Waals surface area contributed by atoms with E-state index in [1.165, 1.54) is 30.4 Å². The molecule has 1 heterocycles. The number of unbranched alkanes of at least 4 members (excludes halogenated alkanes) is 2. The van der Waals surface area contributed by atoms with Crippen molar-refractivity contribution in [1.82, 2.24) is 9.97 Å². The third-order valence-electron chi connectivity index (χ3n) is 4.36. The Labute approximate surface area is 149 Å². The highest BCUT2D eigenvalue weighted by Crippen LogP contribution is 2.24. The fourth-order valence-electron chi connectivity index (χ4n) is 2.96. The lowest BCUT2D eigenvalue weighted by Gasteiger charge is -2.11. The SMILES string of the molecule is CCCCCc1ccc2nc(NCc3ccccc3)nc(NC)c2c1. The van der Waals surface area contributed by atoms with Crippen LogP contribution in [0.4, 0.5) is 11.8 Å². The van der Waals surface area contributed by atoms with Crippen LogP contribution in [0, 0.1) is 0 Å². The van der Waals surface area contributed by atoms with E-state index in [1.54, 1.807) is 0 Å². The van der Waals surface area contributed by atoms with Crippen LogP contribution in [-0.2, 0) is 13.0 Å². The molecule has 2 aromatic carbocycles. The molecule has 0 spiro atoms. The summed E-state index contributed by atoms with van der Waals surface area (Å²) in [6, 6.07) is 16.8. The molecule has 0 unspecified atom stereocenters. The molecule has 0 amide bonds. The first-order valence-electron chi connectivity index (χ1n) is 9.06. The van der Waals surface area contributed by atoms with Gasteiger partial charge >= 0.3 is 0 Å². The van der Waals surface area contributed by atoms with Gasteiger partial charge in [-0.05, 0) is 36.1 Å². The highest BCUT2D eigenvalue weighted by atomic mass is 15.1. The Kier molecular flexibility index (Phi) is 5.83. The van der Waals surface area contributed by atoms with Gasteiger partial charge in [0.05, 0.1) is 5.52 Å². The van der Waals surface area contributed by atoms with E-state index in [0.29, 0.717) is 12.5 Å². The fraction of sp³-hybridized carbons (Fsp3) is 0.333. The van der Waals surface area contributed by atoms with Crippen molar-refractivity contribution in [3.8, 4) is 0 Å². The van der Waals surface area contributed by atoms with Crippen LogP contribution in [0.25, 0.3) is 10.9 Å². The van der Waals surface area contributed by atoms with Gasteiger partial charge in [0, 0.05) is 19.0 Å². The molecule has 0 saturated heterocycles. The predicted molar refractivity (Wildman–Crippen MR) is 106 cm³/mol. The second kappa shape index (κ2) is 8.47. The average molecular weight is 334 g/mol. The van der Waals surface area contributed by atoms with Crippen molar-refractivity contribution >= 4 is 22.7 Å². The van der Waals surface area contributed by atoms with Crippen molar-refractivity contribution in [3.63, 3.8) is 0 Å². The van der Waals surface area contributed by atoms with Crippen LogP contribution >= 0.6 is 0 Å². The van der Waals surface area contributed by atoms with Gasteiger partial charge in [0.1, 0.15) is 5.82 Å². The molecule has 2 N–H and O–H groups in total. The van der Waals surface area contributed by atoms with Gasteiger partial charge in [-0.1, -0.05) is 56.2 Å². The molecule has 0 atom stereocenters. The first-order valence-corrected chi connectivity index (χ1v) is 9.06. The minimum atomic E-state index is 0.652. The average Bonchev–Trinajstić information content (AvgIpc) is 2.67. The number of aromatic nitrogens is 2. The van der Waals surface area contributed by atoms with Gasteiger partial charge in [0.25, 0.3) is 0 Å². The standard InChI is InChI=1S/C21H26N4/c1-3-4-6-9-16-12-13-19-18(14-16)20(22-2)25-21(24-19)23-15-17-10-7-5-8-11-17/h5,7-8,10-14H,3-4,6,9,15H2,1-2H3,(H2,22,23,24,25). The van der Waals surface area contributed by atoms with Crippen molar-refractivity contribution in [2.45, 2.75) is 39.2 Å². The maximum atomic E-state index is 4.67. The minimum Gasteiger partial charge on any atom is -0.372 e. The summed E-state index contributed by atoms with van der Waals surface area (Å²) in [6.45, 7) is 2.95. The summed E-state index contributed by atoms with van der Waals surface area (Å²) in [5.41, 5.74) is 3.53. The topological polar surface area (TPSA) is 49.8 Å². The van der Waals surface area contributed by atoms with Gasteiger partial charge in [-0.25, -0.2) is 4.98 Å². The number of anilines is 2. The summed E-state index contributed by atoms with van der Waals surface area (Å²) in [5.74, 6) is 1.53. The number of fused-ring (bicyclic) bond motifs is 1. The first kappa shape index (κ1) is 17.2. The van der Waals surface area contributed by atoms with Crippen molar-refractivity contribution < 1.29 is 0 Å². The zero-order valence-electron chi connectivity index (χ0n) is 15.0. The maximum absolute atomic E-state index is 4.67. The molecule has 3 aromatic rings. The van der Waals surface area contributed by atoms with Crippen LogP contribution in [0.15, 0.2) is 48.5 Å². The maximum Gasteiger partial charge on any atom is 0.225 e.